The van der Waals surface area contributed by atoms with Crippen molar-refractivity contribution < 1.29 is 4.74 Å². The van der Waals surface area contributed by atoms with Gasteiger partial charge in [0.15, 0.2) is 0 Å². The summed E-state index contributed by atoms with van der Waals surface area (Å²) in [7, 11) is 0. The topological polar surface area (TPSA) is 9.23 Å². The lowest BCUT2D eigenvalue weighted by atomic mass is 9.67. The molecule has 1 aliphatic rings. The number of hydrogen-bond donors (Lipinski definition) is 0. The van der Waals surface area contributed by atoms with Gasteiger partial charge in [0, 0.05) is 4.47 Å². The summed E-state index contributed by atoms with van der Waals surface area (Å²) in [4.78, 5) is 0. The smallest absolute Gasteiger partial charge is 0.126 e. The number of fused-ring (bicyclic) bond motifs is 3. The highest BCUT2D eigenvalue weighted by molar-refractivity contribution is 9.10. The van der Waals surface area contributed by atoms with Gasteiger partial charge < -0.3 is 4.74 Å². The fourth-order valence-corrected chi connectivity index (χ4v) is 6.17. The van der Waals surface area contributed by atoms with Crippen molar-refractivity contribution in [3.05, 3.63) is 159 Å². The van der Waals surface area contributed by atoms with Gasteiger partial charge in [-0.1, -0.05) is 129 Å². The Morgan fingerprint density at radius 2 is 1.45 bits per heavy atom. The standard InChI is InChI=1S/C38H37BrO/c1-7-27(8-2)14-13-26(3)40-32-22-19-30(20-23-32)38(29-17-15-28(16-18-29)37(4,5)6)35-12-10-9-11-33(35)34-24-21-31(39)25-36(34)38/h7,9-25H,1,8H2,2-6H3/b26-13+,27-14-/t38-/m1/s1. The Morgan fingerprint density at radius 1 is 0.825 bits per heavy atom. The molecular formula is C38H37BrO. The van der Waals surface area contributed by atoms with Gasteiger partial charge >= 0.3 is 0 Å². The number of halogens is 1. The molecule has 0 unspecified atom stereocenters. The van der Waals surface area contributed by atoms with Crippen LogP contribution in [0.5, 0.6) is 5.75 Å². The summed E-state index contributed by atoms with van der Waals surface area (Å²) in [5, 5.41) is 0. The molecule has 0 aliphatic heterocycles. The molecule has 0 spiro atoms. The van der Waals surface area contributed by atoms with Gasteiger partial charge in [-0.15, -0.1) is 0 Å². The normalized spacial score (nSPS) is 16.9. The van der Waals surface area contributed by atoms with Crippen LogP contribution in [0.2, 0.25) is 0 Å². The van der Waals surface area contributed by atoms with Crippen molar-refractivity contribution in [2.75, 3.05) is 0 Å². The second-order valence-electron chi connectivity index (χ2n) is 11.5. The Hall–Kier alpha value is -3.62. The first-order valence-corrected chi connectivity index (χ1v) is 14.8. The molecule has 0 radical (unpaired) electrons. The van der Waals surface area contributed by atoms with Crippen molar-refractivity contribution in [2.45, 2.75) is 51.9 Å². The molecule has 1 aliphatic carbocycles. The second-order valence-corrected chi connectivity index (χ2v) is 12.4. The third kappa shape index (κ3) is 5.02. The summed E-state index contributed by atoms with van der Waals surface area (Å²) < 4.78 is 7.27. The van der Waals surface area contributed by atoms with Crippen LogP contribution in [-0.4, -0.2) is 0 Å². The number of allylic oxidation sites excluding steroid dienone is 5. The van der Waals surface area contributed by atoms with Gasteiger partial charge in [0.1, 0.15) is 11.5 Å². The lowest BCUT2D eigenvalue weighted by Crippen LogP contribution is -2.28. The average Bonchev–Trinajstić information content (AvgIpc) is 3.24. The number of hydrogen-bond acceptors (Lipinski definition) is 1. The summed E-state index contributed by atoms with van der Waals surface area (Å²) in [5.74, 6) is 1.66. The predicted molar refractivity (Wildman–Crippen MR) is 173 cm³/mol. The third-order valence-electron chi connectivity index (χ3n) is 7.96. The summed E-state index contributed by atoms with van der Waals surface area (Å²) in [6, 6.07) is 33.4. The molecule has 0 saturated carbocycles. The molecule has 40 heavy (non-hydrogen) atoms. The zero-order valence-electron chi connectivity index (χ0n) is 24.1. The fourth-order valence-electron chi connectivity index (χ4n) is 5.81. The van der Waals surface area contributed by atoms with Crippen LogP contribution in [-0.2, 0) is 10.8 Å². The molecule has 0 fully saturated rings. The molecule has 0 aromatic heterocycles. The van der Waals surface area contributed by atoms with Crippen LogP contribution in [0, 0.1) is 0 Å². The van der Waals surface area contributed by atoms with Gasteiger partial charge in [-0.25, -0.2) is 0 Å². The van der Waals surface area contributed by atoms with Crippen LogP contribution >= 0.6 is 15.9 Å². The Balaban J connectivity index is 1.67. The minimum absolute atomic E-state index is 0.0866. The minimum Gasteiger partial charge on any atom is -0.462 e. The molecule has 0 bridgehead atoms. The van der Waals surface area contributed by atoms with Gasteiger partial charge in [0.05, 0.1) is 5.41 Å². The Labute approximate surface area is 248 Å². The lowest BCUT2D eigenvalue weighted by molar-refractivity contribution is 0.427. The van der Waals surface area contributed by atoms with E-state index in [9.17, 15) is 0 Å². The van der Waals surface area contributed by atoms with E-state index in [-0.39, 0.29) is 5.41 Å². The van der Waals surface area contributed by atoms with Crippen molar-refractivity contribution >= 4 is 15.9 Å². The van der Waals surface area contributed by atoms with Gasteiger partial charge in [0.25, 0.3) is 0 Å². The van der Waals surface area contributed by atoms with E-state index in [4.69, 9.17) is 4.74 Å². The third-order valence-corrected chi connectivity index (χ3v) is 8.45. The van der Waals surface area contributed by atoms with Gasteiger partial charge in [-0.2, -0.15) is 0 Å². The maximum atomic E-state index is 6.20. The Bertz CT molecular complexity index is 1600. The summed E-state index contributed by atoms with van der Waals surface area (Å²) in [6.07, 6.45) is 6.91. The van der Waals surface area contributed by atoms with Crippen molar-refractivity contribution in [1.29, 1.82) is 0 Å². The molecule has 202 valence electrons. The highest BCUT2D eigenvalue weighted by atomic mass is 79.9. The Morgan fingerprint density at radius 3 is 2.08 bits per heavy atom. The van der Waals surface area contributed by atoms with E-state index >= 15 is 0 Å². The first kappa shape index (κ1) is 27.9. The monoisotopic (exact) mass is 588 g/mol. The van der Waals surface area contributed by atoms with Crippen LogP contribution in [0.1, 0.15) is 68.9 Å². The quantitative estimate of drug-likeness (QED) is 0.136. The fraction of sp³-hybridized carbons (Fsp3) is 0.211. The number of rotatable bonds is 7. The average molecular weight is 590 g/mol. The summed E-state index contributed by atoms with van der Waals surface area (Å²) >= 11 is 3.78. The van der Waals surface area contributed by atoms with Crippen LogP contribution in [0.15, 0.2) is 132 Å². The highest BCUT2D eigenvalue weighted by Gasteiger charge is 2.46. The molecule has 0 saturated heterocycles. The minimum atomic E-state index is -0.446. The molecular weight excluding hydrogens is 552 g/mol. The van der Waals surface area contributed by atoms with Crippen LogP contribution in [0.3, 0.4) is 0 Å². The van der Waals surface area contributed by atoms with E-state index in [0.717, 1.165) is 22.4 Å². The summed E-state index contributed by atoms with van der Waals surface area (Å²) in [5.41, 5.74) is 9.78. The van der Waals surface area contributed by atoms with Crippen molar-refractivity contribution in [3.8, 4) is 16.9 Å². The molecule has 0 amide bonds. The van der Waals surface area contributed by atoms with E-state index in [2.05, 4.69) is 147 Å². The largest absolute Gasteiger partial charge is 0.462 e. The maximum absolute atomic E-state index is 6.20. The van der Waals surface area contributed by atoms with Crippen molar-refractivity contribution in [1.82, 2.24) is 0 Å². The molecule has 4 aromatic carbocycles. The maximum Gasteiger partial charge on any atom is 0.126 e. The second kappa shape index (κ2) is 11.1. The van der Waals surface area contributed by atoms with Gasteiger partial charge in [-0.05, 0) is 93.6 Å². The van der Waals surface area contributed by atoms with Crippen molar-refractivity contribution in [2.24, 2.45) is 0 Å². The first-order valence-electron chi connectivity index (χ1n) is 14.0. The molecule has 1 nitrogen and oxygen atoms in total. The molecule has 0 N–H and O–H groups in total. The van der Waals surface area contributed by atoms with Gasteiger partial charge in [-0.3, -0.25) is 0 Å². The van der Waals surface area contributed by atoms with Crippen LogP contribution in [0.25, 0.3) is 11.1 Å². The predicted octanol–water partition coefficient (Wildman–Crippen LogP) is 10.9. The lowest BCUT2D eigenvalue weighted by Gasteiger charge is -2.34. The van der Waals surface area contributed by atoms with Crippen LogP contribution < -0.4 is 4.74 Å². The summed E-state index contributed by atoms with van der Waals surface area (Å²) in [6.45, 7) is 14.8. The number of ether oxygens (including phenoxy) is 1. The molecule has 1 atom stereocenters. The zero-order chi connectivity index (χ0) is 28.5. The number of benzene rings is 4. The molecule has 2 heteroatoms. The Kier molecular flexibility index (Phi) is 7.75. The van der Waals surface area contributed by atoms with E-state index in [1.54, 1.807) is 0 Å². The zero-order valence-corrected chi connectivity index (χ0v) is 25.7. The van der Waals surface area contributed by atoms with Crippen LogP contribution in [0.4, 0.5) is 0 Å². The SMILES string of the molecule is C=C/C(=C/C=C(\C)Oc1ccc([C@]2(c3ccc(C(C)(C)C)cc3)c3ccccc3-c3ccc(Br)cc32)cc1)CC. The first-order chi connectivity index (χ1) is 19.2. The van der Waals surface area contributed by atoms with Gasteiger partial charge in [0.2, 0.25) is 0 Å². The van der Waals surface area contributed by atoms with E-state index in [1.165, 1.54) is 44.5 Å². The molecule has 4 aromatic rings. The van der Waals surface area contributed by atoms with Crippen molar-refractivity contribution in [3.63, 3.8) is 0 Å². The highest BCUT2D eigenvalue weighted by Crippen LogP contribution is 2.56. The van der Waals surface area contributed by atoms with E-state index < -0.39 is 5.41 Å². The molecule has 5 rings (SSSR count). The molecule has 0 heterocycles. The van der Waals surface area contributed by atoms with E-state index in [1.807, 2.05) is 19.1 Å². The van der Waals surface area contributed by atoms with E-state index in [0.29, 0.717) is 0 Å².